The average molecular weight is 433 g/mol. The summed E-state index contributed by atoms with van der Waals surface area (Å²) in [4.78, 5) is 15.1. The standard InChI is InChI=1S/C25H40N2O4/c1-4-5-6-7-8-9-24(28)26-21(17-27-18(2)10-11-19(27)3)25(29)20-12-13-22-23(16-20)31-15-14-30-22/h12-13,16,18-19,21,25,29H,4-11,14-15,17H2,1-3H3,(H,26,28)/t18?,19?,21-,25-/m1/s1. The van der Waals surface area contributed by atoms with Gasteiger partial charge in [0.2, 0.25) is 5.91 Å². The van der Waals surface area contributed by atoms with Gasteiger partial charge in [-0.15, -0.1) is 0 Å². The summed E-state index contributed by atoms with van der Waals surface area (Å²) in [6.07, 6.45) is 7.58. The van der Waals surface area contributed by atoms with Crippen LogP contribution < -0.4 is 14.8 Å². The van der Waals surface area contributed by atoms with Crippen LogP contribution in [-0.2, 0) is 4.79 Å². The molecular formula is C25H40N2O4. The first-order valence-electron chi connectivity index (χ1n) is 12.1. The molecule has 6 heteroatoms. The van der Waals surface area contributed by atoms with Gasteiger partial charge in [-0.05, 0) is 50.8 Å². The summed E-state index contributed by atoms with van der Waals surface area (Å²) in [7, 11) is 0. The van der Waals surface area contributed by atoms with E-state index in [9.17, 15) is 9.90 Å². The van der Waals surface area contributed by atoms with Gasteiger partial charge in [-0.25, -0.2) is 0 Å². The third-order valence-electron chi connectivity index (χ3n) is 6.68. The van der Waals surface area contributed by atoms with Crippen molar-refractivity contribution in [3.05, 3.63) is 23.8 Å². The van der Waals surface area contributed by atoms with Crippen molar-refractivity contribution in [2.45, 2.75) is 96.4 Å². The maximum absolute atomic E-state index is 12.7. The molecule has 1 aromatic carbocycles. The van der Waals surface area contributed by atoms with Gasteiger partial charge in [0, 0.05) is 25.0 Å². The molecule has 6 nitrogen and oxygen atoms in total. The highest BCUT2D eigenvalue weighted by molar-refractivity contribution is 5.76. The van der Waals surface area contributed by atoms with Crippen LogP contribution in [0, 0.1) is 0 Å². The Morgan fingerprint density at radius 1 is 1.10 bits per heavy atom. The van der Waals surface area contributed by atoms with Crippen molar-refractivity contribution in [2.24, 2.45) is 0 Å². The van der Waals surface area contributed by atoms with Gasteiger partial charge in [0.05, 0.1) is 6.04 Å². The highest BCUT2D eigenvalue weighted by atomic mass is 16.6. The van der Waals surface area contributed by atoms with Crippen molar-refractivity contribution >= 4 is 5.91 Å². The van der Waals surface area contributed by atoms with E-state index in [4.69, 9.17) is 9.47 Å². The Morgan fingerprint density at radius 3 is 2.48 bits per heavy atom. The number of hydrogen-bond donors (Lipinski definition) is 2. The number of likely N-dealkylation sites (tertiary alicyclic amines) is 1. The molecule has 0 spiro atoms. The second-order valence-corrected chi connectivity index (χ2v) is 9.16. The molecule has 1 aromatic rings. The fourth-order valence-electron chi connectivity index (χ4n) is 4.70. The predicted octanol–water partition coefficient (Wildman–Crippen LogP) is 4.21. The van der Waals surface area contributed by atoms with Gasteiger partial charge >= 0.3 is 0 Å². The molecular weight excluding hydrogens is 392 g/mol. The summed E-state index contributed by atoms with van der Waals surface area (Å²) in [5, 5.41) is 14.4. The number of rotatable bonds is 11. The molecule has 174 valence electrons. The Hall–Kier alpha value is -1.79. The van der Waals surface area contributed by atoms with E-state index < -0.39 is 6.10 Å². The summed E-state index contributed by atoms with van der Waals surface area (Å²) < 4.78 is 11.3. The van der Waals surface area contributed by atoms with Crippen LogP contribution in [0.25, 0.3) is 0 Å². The van der Waals surface area contributed by atoms with E-state index in [-0.39, 0.29) is 11.9 Å². The monoisotopic (exact) mass is 432 g/mol. The molecule has 3 rings (SSSR count). The number of nitrogens with zero attached hydrogens (tertiary/aromatic N) is 1. The zero-order chi connectivity index (χ0) is 22.2. The lowest BCUT2D eigenvalue weighted by atomic mass is 10.00. The number of fused-ring (bicyclic) bond motifs is 1. The number of hydrogen-bond acceptors (Lipinski definition) is 5. The van der Waals surface area contributed by atoms with E-state index in [0.29, 0.717) is 49.8 Å². The Morgan fingerprint density at radius 2 is 1.77 bits per heavy atom. The summed E-state index contributed by atoms with van der Waals surface area (Å²) in [5.74, 6) is 1.39. The maximum atomic E-state index is 12.7. The van der Waals surface area contributed by atoms with Crippen LogP contribution in [0.15, 0.2) is 18.2 Å². The van der Waals surface area contributed by atoms with Crippen molar-refractivity contribution in [1.82, 2.24) is 10.2 Å². The number of unbranched alkanes of at least 4 members (excludes halogenated alkanes) is 4. The molecule has 0 aromatic heterocycles. The summed E-state index contributed by atoms with van der Waals surface area (Å²) >= 11 is 0. The van der Waals surface area contributed by atoms with Crippen molar-refractivity contribution < 1.29 is 19.4 Å². The molecule has 2 aliphatic heterocycles. The first kappa shape index (κ1) is 23.9. The molecule has 31 heavy (non-hydrogen) atoms. The van der Waals surface area contributed by atoms with E-state index in [0.717, 1.165) is 31.2 Å². The molecule has 2 heterocycles. The molecule has 0 radical (unpaired) electrons. The molecule has 2 aliphatic rings. The lowest BCUT2D eigenvalue weighted by Gasteiger charge is -2.33. The number of aliphatic hydroxyl groups is 1. The SMILES string of the molecule is CCCCCCCC(=O)N[C@H](CN1C(C)CCC1C)[C@H](O)c1ccc2c(c1)OCCO2. The van der Waals surface area contributed by atoms with Gasteiger partial charge in [0.25, 0.3) is 0 Å². The van der Waals surface area contributed by atoms with Crippen LogP contribution in [-0.4, -0.2) is 53.8 Å². The van der Waals surface area contributed by atoms with Crippen LogP contribution in [0.3, 0.4) is 0 Å². The number of carbonyl (C=O) groups is 1. The quantitative estimate of drug-likeness (QED) is 0.513. The number of ether oxygens (including phenoxy) is 2. The number of aliphatic hydroxyl groups excluding tert-OH is 1. The van der Waals surface area contributed by atoms with Crippen LogP contribution in [0.4, 0.5) is 0 Å². The highest BCUT2D eigenvalue weighted by Gasteiger charge is 2.33. The molecule has 0 saturated carbocycles. The first-order chi connectivity index (χ1) is 15.0. The van der Waals surface area contributed by atoms with Crippen molar-refractivity contribution in [1.29, 1.82) is 0 Å². The average Bonchev–Trinajstić information content (AvgIpc) is 3.09. The topological polar surface area (TPSA) is 71.0 Å². The first-order valence-corrected chi connectivity index (χ1v) is 12.1. The molecule has 1 saturated heterocycles. The summed E-state index contributed by atoms with van der Waals surface area (Å²) in [5.41, 5.74) is 0.747. The Balaban J connectivity index is 1.68. The van der Waals surface area contributed by atoms with E-state index >= 15 is 0 Å². The minimum Gasteiger partial charge on any atom is -0.486 e. The fourth-order valence-corrected chi connectivity index (χ4v) is 4.70. The number of nitrogens with one attached hydrogen (secondary N) is 1. The third kappa shape index (κ3) is 6.59. The van der Waals surface area contributed by atoms with Crippen LogP contribution in [0.1, 0.15) is 83.8 Å². The Labute approximate surface area is 187 Å². The minimum absolute atomic E-state index is 0.0256. The van der Waals surface area contributed by atoms with E-state index in [1.165, 1.54) is 19.3 Å². The zero-order valence-corrected chi connectivity index (χ0v) is 19.4. The van der Waals surface area contributed by atoms with Crippen molar-refractivity contribution in [3.63, 3.8) is 0 Å². The van der Waals surface area contributed by atoms with E-state index in [1.54, 1.807) is 0 Å². The predicted molar refractivity (Wildman–Crippen MR) is 123 cm³/mol. The van der Waals surface area contributed by atoms with Crippen molar-refractivity contribution in [3.8, 4) is 11.5 Å². The lowest BCUT2D eigenvalue weighted by Crippen LogP contribution is -2.49. The molecule has 2 N–H and O–H groups in total. The Bertz CT molecular complexity index is 701. The molecule has 1 amide bonds. The molecule has 0 bridgehead atoms. The largest absolute Gasteiger partial charge is 0.486 e. The van der Waals surface area contributed by atoms with Gasteiger partial charge < -0.3 is 19.9 Å². The number of amides is 1. The highest BCUT2D eigenvalue weighted by Crippen LogP contribution is 2.34. The maximum Gasteiger partial charge on any atom is 0.220 e. The van der Waals surface area contributed by atoms with Gasteiger partial charge in [-0.3, -0.25) is 9.69 Å². The minimum atomic E-state index is -0.806. The van der Waals surface area contributed by atoms with Gasteiger partial charge in [-0.2, -0.15) is 0 Å². The summed E-state index contributed by atoms with van der Waals surface area (Å²) in [6.45, 7) is 8.33. The lowest BCUT2D eigenvalue weighted by molar-refractivity contribution is -0.123. The normalized spacial score (nSPS) is 22.8. The molecule has 4 atom stereocenters. The summed E-state index contributed by atoms with van der Waals surface area (Å²) in [6, 6.07) is 6.11. The second-order valence-electron chi connectivity index (χ2n) is 9.16. The van der Waals surface area contributed by atoms with Crippen LogP contribution >= 0.6 is 0 Å². The smallest absolute Gasteiger partial charge is 0.220 e. The van der Waals surface area contributed by atoms with Crippen molar-refractivity contribution in [2.75, 3.05) is 19.8 Å². The third-order valence-corrected chi connectivity index (χ3v) is 6.68. The fraction of sp³-hybridized carbons (Fsp3) is 0.720. The van der Waals surface area contributed by atoms with E-state index in [2.05, 4.69) is 31.0 Å². The van der Waals surface area contributed by atoms with Gasteiger partial charge in [0.1, 0.15) is 19.3 Å². The Kier molecular flexibility index (Phi) is 9.02. The van der Waals surface area contributed by atoms with Crippen LogP contribution in [0.2, 0.25) is 0 Å². The molecule has 2 unspecified atom stereocenters. The molecule has 0 aliphatic carbocycles. The number of benzene rings is 1. The van der Waals surface area contributed by atoms with Crippen LogP contribution in [0.5, 0.6) is 11.5 Å². The van der Waals surface area contributed by atoms with Gasteiger partial charge in [-0.1, -0.05) is 38.7 Å². The number of carbonyl (C=O) groups excluding carboxylic acids is 1. The zero-order valence-electron chi connectivity index (χ0n) is 19.4. The molecule has 1 fully saturated rings. The van der Waals surface area contributed by atoms with Gasteiger partial charge in [0.15, 0.2) is 11.5 Å². The van der Waals surface area contributed by atoms with E-state index in [1.807, 2.05) is 18.2 Å². The second kappa shape index (κ2) is 11.7.